The molecule has 7 heteroatoms. The molecule has 0 saturated carbocycles. The summed E-state index contributed by atoms with van der Waals surface area (Å²) in [5.41, 5.74) is 1.14. The third-order valence-electron chi connectivity index (χ3n) is 3.17. The van der Waals surface area contributed by atoms with Crippen LogP contribution in [0.4, 0.5) is 4.39 Å². The Kier molecular flexibility index (Phi) is 7.22. The predicted molar refractivity (Wildman–Crippen MR) is 91.2 cm³/mol. The fourth-order valence-electron chi connectivity index (χ4n) is 1.92. The highest BCUT2D eigenvalue weighted by atomic mass is 32.2. The van der Waals surface area contributed by atoms with E-state index in [2.05, 4.69) is 22.4 Å². The van der Waals surface area contributed by atoms with Gasteiger partial charge in [0.05, 0.1) is 18.6 Å². The first-order valence-corrected chi connectivity index (χ1v) is 8.57. The van der Waals surface area contributed by atoms with Gasteiger partial charge in [0, 0.05) is 12.2 Å². The summed E-state index contributed by atoms with van der Waals surface area (Å²) < 4.78 is 19.4. The molecule has 1 aliphatic heterocycles. The van der Waals surface area contributed by atoms with Gasteiger partial charge < -0.3 is 10.1 Å². The van der Waals surface area contributed by atoms with Crippen molar-refractivity contribution in [1.82, 2.24) is 5.32 Å². The van der Waals surface area contributed by atoms with Gasteiger partial charge in [0.15, 0.2) is 5.17 Å². The molecule has 0 bridgehead atoms. The number of amides is 1. The fraction of sp³-hybridized carbons (Fsp3) is 0.438. The second kappa shape index (κ2) is 9.42. The van der Waals surface area contributed by atoms with Crippen molar-refractivity contribution in [1.29, 1.82) is 0 Å². The minimum atomic E-state index is -0.319. The van der Waals surface area contributed by atoms with E-state index < -0.39 is 0 Å². The molecule has 1 aliphatic rings. The Morgan fingerprint density at radius 2 is 2.30 bits per heavy atom. The maximum Gasteiger partial charge on any atom is 0.236 e. The molecule has 1 heterocycles. The first-order chi connectivity index (χ1) is 11.2. The van der Waals surface area contributed by atoms with Crippen molar-refractivity contribution in [2.45, 2.75) is 32.8 Å². The molecule has 0 atom stereocenters. The largest absolute Gasteiger partial charge is 0.377 e. The quantitative estimate of drug-likeness (QED) is 0.450. The molecule has 5 nitrogen and oxygen atoms in total. The normalized spacial score (nSPS) is 16.4. The summed E-state index contributed by atoms with van der Waals surface area (Å²) in [7, 11) is 0. The zero-order valence-electron chi connectivity index (χ0n) is 13.0. The van der Waals surface area contributed by atoms with Crippen LogP contribution in [-0.4, -0.2) is 29.6 Å². The molecule has 0 aliphatic carbocycles. The van der Waals surface area contributed by atoms with Gasteiger partial charge in [-0.2, -0.15) is 5.10 Å². The molecule has 1 aromatic carbocycles. The zero-order valence-corrected chi connectivity index (χ0v) is 13.9. The van der Waals surface area contributed by atoms with E-state index in [1.165, 1.54) is 24.0 Å². The van der Waals surface area contributed by atoms with Crippen molar-refractivity contribution in [2.24, 2.45) is 10.2 Å². The van der Waals surface area contributed by atoms with E-state index >= 15 is 0 Å². The Hall–Kier alpha value is -1.73. The van der Waals surface area contributed by atoms with Crippen molar-refractivity contribution in [3.05, 3.63) is 35.1 Å². The number of hydrogen-bond donors (Lipinski definition) is 1. The number of hydrogen-bond acceptors (Lipinski definition) is 5. The van der Waals surface area contributed by atoms with E-state index in [1.54, 1.807) is 12.1 Å². The van der Waals surface area contributed by atoms with E-state index in [-0.39, 0.29) is 18.3 Å². The van der Waals surface area contributed by atoms with Gasteiger partial charge in [-0.3, -0.25) is 4.79 Å². The summed E-state index contributed by atoms with van der Waals surface area (Å²) >= 11 is 1.29. The molecule has 0 radical (unpaired) electrons. The average Bonchev–Trinajstić information content (AvgIpc) is 2.94. The van der Waals surface area contributed by atoms with Crippen LogP contribution in [0.25, 0.3) is 0 Å². The van der Waals surface area contributed by atoms with Crippen LogP contribution >= 0.6 is 11.8 Å². The smallest absolute Gasteiger partial charge is 0.236 e. The second-order valence-electron chi connectivity index (χ2n) is 5.10. The number of benzene rings is 1. The number of amidine groups is 1. The Morgan fingerprint density at radius 3 is 3.00 bits per heavy atom. The minimum Gasteiger partial charge on any atom is -0.377 e. The van der Waals surface area contributed by atoms with Crippen molar-refractivity contribution >= 4 is 29.1 Å². The molecule has 2 rings (SSSR count). The van der Waals surface area contributed by atoms with Crippen molar-refractivity contribution < 1.29 is 13.9 Å². The SMILES string of the molecule is CCCCCOCc1ccc(C=NN=C2NC(=O)CS2)cc1F. The van der Waals surface area contributed by atoms with E-state index in [9.17, 15) is 9.18 Å². The highest BCUT2D eigenvalue weighted by Gasteiger charge is 2.15. The number of carbonyl (C=O) groups is 1. The average molecular weight is 337 g/mol. The summed E-state index contributed by atoms with van der Waals surface area (Å²) in [5, 5.41) is 10.8. The van der Waals surface area contributed by atoms with Gasteiger partial charge in [-0.25, -0.2) is 4.39 Å². The van der Waals surface area contributed by atoms with Crippen LogP contribution in [0.1, 0.15) is 37.3 Å². The Bertz CT molecular complexity index is 605. The van der Waals surface area contributed by atoms with Crippen LogP contribution in [0.3, 0.4) is 0 Å². The summed E-state index contributed by atoms with van der Waals surface area (Å²) in [4.78, 5) is 11.0. The van der Waals surface area contributed by atoms with Crippen LogP contribution in [-0.2, 0) is 16.1 Å². The van der Waals surface area contributed by atoms with Gasteiger partial charge in [0.25, 0.3) is 0 Å². The lowest BCUT2D eigenvalue weighted by molar-refractivity contribution is -0.116. The highest BCUT2D eigenvalue weighted by molar-refractivity contribution is 8.15. The van der Waals surface area contributed by atoms with Crippen molar-refractivity contribution in [3.8, 4) is 0 Å². The number of nitrogens with one attached hydrogen (secondary N) is 1. The van der Waals surface area contributed by atoms with Crippen LogP contribution < -0.4 is 5.32 Å². The summed E-state index contributed by atoms with van der Waals surface area (Å²) in [6.45, 7) is 3.05. The molecule has 0 spiro atoms. The maximum atomic E-state index is 14.0. The molecule has 1 N–H and O–H groups in total. The van der Waals surface area contributed by atoms with Gasteiger partial charge in [0.2, 0.25) is 5.91 Å². The lowest BCUT2D eigenvalue weighted by Gasteiger charge is -2.05. The maximum absolute atomic E-state index is 14.0. The van der Waals surface area contributed by atoms with E-state index in [0.717, 1.165) is 19.3 Å². The Balaban J connectivity index is 1.85. The lowest BCUT2D eigenvalue weighted by Crippen LogP contribution is -2.19. The van der Waals surface area contributed by atoms with Gasteiger partial charge >= 0.3 is 0 Å². The first-order valence-electron chi connectivity index (χ1n) is 7.59. The highest BCUT2D eigenvalue weighted by Crippen LogP contribution is 2.12. The Morgan fingerprint density at radius 1 is 1.43 bits per heavy atom. The third kappa shape index (κ3) is 6.11. The minimum absolute atomic E-state index is 0.0849. The van der Waals surface area contributed by atoms with Gasteiger partial charge in [-0.05, 0) is 18.1 Å². The third-order valence-corrected chi connectivity index (χ3v) is 4.03. The van der Waals surface area contributed by atoms with Crippen molar-refractivity contribution in [3.63, 3.8) is 0 Å². The molecule has 124 valence electrons. The van der Waals surface area contributed by atoms with Crippen LogP contribution in [0.2, 0.25) is 0 Å². The number of ether oxygens (including phenoxy) is 1. The van der Waals surface area contributed by atoms with Gasteiger partial charge in [0.1, 0.15) is 5.82 Å². The molecule has 1 aromatic rings. The summed E-state index contributed by atoms with van der Waals surface area (Å²) in [6, 6.07) is 4.85. The monoisotopic (exact) mass is 337 g/mol. The number of rotatable bonds is 8. The van der Waals surface area contributed by atoms with Crippen LogP contribution in [0, 0.1) is 5.82 Å². The number of nitrogens with zero attached hydrogens (tertiary/aromatic N) is 2. The standard InChI is InChI=1S/C16H20FN3O2S/c1-2-3-4-7-22-10-13-6-5-12(8-14(13)17)9-18-20-16-19-15(21)11-23-16/h5-6,8-9H,2-4,7,10-11H2,1H3,(H,19,20,21). The first kappa shape index (κ1) is 17.6. The van der Waals surface area contributed by atoms with E-state index in [1.807, 2.05) is 0 Å². The molecule has 1 amide bonds. The molecule has 1 saturated heterocycles. The van der Waals surface area contributed by atoms with Gasteiger partial charge in [-0.1, -0.05) is 43.7 Å². The van der Waals surface area contributed by atoms with E-state index in [4.69, 9.17) is 4.74 Å². The molecule has 23 heavy (non-hydrogen) atoms. The Labute approximate surface area is 139 Å². The summed E-state index contributed by atoms with van der Waals surface area (Å²) in [5.74, 6) is -0.0467. The van der Waals surface area contributed by atoms with Crippen molar-refractivity contribution in [2.75, 3.05) is 12.4 Å². The second-order valence-corrected chi connectivity index (χ2v) is 6.06. The molecule has 1 fully saturated rings. The lowest BCUT2D eigenvalue weighted by atomic mass is 10.1. The molecular formula is C16H20FN3O2S. The van der Waals surface area contributed by atoms with E-state index in [0.29, 0.717) is 28.7 Å². The van der Waals surface area contributed by atoms with Gasteiger partial charge in [-0.15, -0.1) is 5.10 Å². The molecular weight excluding hydrogens is 317 g/mol. The number of unbranched alkanes of at least 4 members (excludes halogenated alkanes) is 2. The molecule has 0 aromatic heterocycles. The number of halogens is 1. The van der Waals surface area contributed by atoms with Crippen LogP contribution in [0.5, 0.6) is 0 Å². The molecule has 0 unspecified atom stereocenters. The summed E-state index contributed by atoms with van der Waals surface area (Å²) in [6.07, 6.45) is 4.71. The number of thioether (sulfide) groups is 1. The predicted octanol–water partition coefficient (Wildman–Crippen LogP) is 3.09. The number of carbonyl (C=O) groups excluding carboxylic acids is 1. The topological polar surface area (TPSA) is 63.1 Å². The zero-order chi connectivity index (χ0) is 16.5. The van der Waals surface area contributed by atoms with Crippen LogP contribution in [0.15, 0.2) is 28.4 Å². The fourth-order valence-corrected chi connectivity index (χ4v) is 2.56.